The van der Waals surface area contributed by atoms with Crippen LogP contribution in [0.25, 0.3) is 0 Å². The lowest BCUT2D eigenvalue weighted by molar-refractivity contribution is 0.582. The first-order valence-corrected chi connectivity index (χ1v) is 7.07. The predicted octanol–water partition coefficient (Wildman–Crippen LogP) is 0.842. The summed E-state index contributed by atoms with van der Waals surface area (Å²) in [6, 6.07) is 0. The Balaban J connectivity index is 0.00000112. The predicted molar refractivity (Wildman–Crippen MR) is 63.3 cm³/mol. The summed E-state index contributed by atoms with van der Waals surface area (Å²) in [6.07, 6.45) is 2.37. The molecule has 0 aliphatic carbocycles. The minimum atomic E-state index is -2.98. The zero-order valence-electron chi connectivity index (χ0n) is 8.05. The van der Waals surface area contributed by atoms with Crippen LogP contribution in [-0.2, 0) is 15.6 Å². The summed E-state index contributed by atoms with van der Waals surface area (Å²) in [6.45, 7) is 1.41. The van der Waals surface area contributed by atoms with Crippen molar-refractivity contribution < 1.29 is 8.42 Å². The van der Waals surface area contributed by atoms with Crippen molar-refractivity contribution in [3.8, 4) is 0 Å². The minimum absolute atomic E-state index is 0. The molecule has 1 atom stereocenters. The Hall–Kier alpha value is -0.170. The van der Waals surface area contributed by atoms with E-state index in [9.17, 15) is 8.42 Å². The Kier molecular flexibility index (Phi) is 4.51. The number of hydrogen-bond acceptors (Lipinski definition) is 5. The fourth-order valence-electron chi connectivity index (χ4n) is 1.56. The Morgan fingerprint density at radius 3 is 2.93 bits per heavy atom. The smallest absolute Gasteiger partial charge is 0.159 e. The van der Waals surface area contributed by atoms with Crippen molar-refractivity contribution in [1.29, 1.82) is 0 Å². The van der Waals surface area contributed by atoms with Crippen molar-refractivity contribution in [3.63, 3.8) is 0 Å². The van der Waals surface area contributed by atoms with Gasteiger partial charge in [0.2, 0.25) is 0 Å². The number of hydrogen-bond donors (Lipinski definition) is 1. The summed E-state index contributed by atoms with van der Waals surface area (Å²) in [5, 5.41) is 2.86. The molecular weight excluding hydrogens is 256 g/mol. The van der Waals surface area contributed by atoms with Gasteiger partial charge in [0.25, 0.3) is 0 Å². The molecular formula is C8H13ClN2O2S2. The normalized spacial score (nSPS) is 21.2. The van der Waals surface area contributed by atoms with Crippen molar-refractivity contribution >= 4 is 33.6 Å². The second-order valence-corrected chi connectivity index (χ2v) is 6.64. The fraction of sp³-hybridized carbons (Fsp3) is 0.625. The van der Waals surface area contributed by atoms with Crippen LogP contribution in [0.3, 0.4) is 0 Å². The van der Waals surface area contributed by atoms with Gasteiger partial charge in [-0.05, 0) is 13.0 Å². The van der Waals surface area contributed by atoms with Crippen LogP contribution in [0.4, 0.5) is 0 Å². The van der Waals surface area contributed by atoms with Gasteiger partial charge in [-0.1, -0.05) is 0 Å². The van der Waals surface area contributed by atoms with Crippen molar-refractivity contribution in [2.75, 3.05) is 13.1 Å². The second-order valence-electron chi connectivity index (χ2n) is 3.39. The molecule has 86 valence electrons. The number of halogens is 1. The zero-order valence-corrected chi connectivity index (χ0v) is 10.5. The molecule has 0 saturated carbocycles. The molecule has 0 amide bonds. The van der Waals surface area contributed by atoms with Crippen LogP contribution in [-0.4, -0.2) is 31.7 Å². The third-order valence-corrected chi connectivity index (χ3v) is 5.44. The molecule has 1 fully saturated rings. The van der Waals surface area contributed by atoms with Gasteiger partial charge in [-0.15, -0.1) is 23.7 Å². The standard InChI is InChI=1S/C8H12N2O2S2.ClH/c11-14(12,8-1-2-9-4-8)5-7-3-10-6-13-7;/h3,6,8-9H,1-2,4-5H2;1H/t8-;/m0./s1. The summed E-state index contributed by atoms with van der Waals surface area (Å²) in [7, 11) is -2.98. The van der Waals surface area contributed by atoms with Crippen molar-refractivity contribution in [1.82, 2.24) is 10.3 Å². The van der Waals surface area contributed by atoms with E-state index in [-0.39, 0.29) is 23.4 Å². The fourth-order valence-corrected chi connectivity index (χ4v) is 4.26. The van der Waals surface area contributed by atoms with Gasteiger partial charge in [-0.2, -0.15) is 0 Å². The van der Waals surface area contributed by atoms with Crippen LogP contribution in [0.1, 0.15) is 11.3 Å². The Morgan fingerprint density at radius 2 is 2.40 bits per heavy atom. The monoisotopic (exact) mass is 268 g/mol. The summed E-state index contributed by atoms with van der Waals surface area (Å²) in [4.78, 5) is 4.70. The average Bonchev–Trinajstić information content (AvgIpc) is 2.71. The lowest BCUT2D eigenvalue weighted by atomic mass is 10.4. The SMILES string of the molecule is Cl.O=S(=O)(Cc1cncs1)[C@H]1CCNC1. The van der Waals surface area contributed by atoms with Crippen molar-refractivity contribution in [2.24, 2.45) is 0 Å². The van der Waals surface area contributed by atoms with E-state index in [0.29, 0.717) is 6.54 Å². The molecule has 1 aliphatic rings. The Labute approximate surface area is 99.4 Å². The number of nitrogens with one attached hydrogen (secondary N) is 1. The highest BCUT2D eigenvalue weighted by molar-refractivity contribution is 7.91. The van der Waals surface area contributed by atoms with Crippen LogP contribution in [0.2, 0.25) is 0 Å². The topological polar surface area (TPSA) is 59.1 Å². The molecule has 0 radical (unpaired) electrons. The highest BCUT2D eigenvalue weighted by Gasteiger charge is 2.28. The maximum atomic E-state index is 11.8. The highest BCUT2D eigenvalue weighted by atomic mass is 35.5. The molecule has 1 aromatic heterocycles. The summed E-state index contributed by atoms with van der Waals surface area (Å²) >= 11 is 1.40. The first-order chi connectivity index (χ1) is 6.68. The minimum Gasteiger partial charge on any atom is -0.315 e. The van der Waals surface area contributed by atoms with Gasteiger partial charge in [0, 0.05) is 17.6 Å². The van der Waals surface area contributed by atoms with E-state index in [1.165, 1.54) is 11.3 Å². The van der Waals surface area contributed by atoms with Crippen LogP contribution >= 0.6 is 23.7 Å². The van der Waals surface area contributed by atoms with Gasteiger partial charge in [-0.3, -0.25) is 4.98 Å². The van der Waals surface area contributed by atoms with Crippen molar-refractivity contribution in [2.45, 2.75) is 17.4 Å². The third kappa shape index (κ3) is 3.14. The van der Waals surface area contributed by atoms with E-state index >= 15 is 0 Å². The largest absolute Gasteiger partial charge is 0.315 e. The van der Waals surface area contributed by atoms with E-state index in [1.807, 2.05) is 0 Å². The molecule has 15 heavy (non-hydrogen) atoms. The van der Waals surface area contributed by atoms with Crippen LogP contribution in [0.15, 0.2) is 11.7 Å². The van der Waals surface area contributed by atoms with Gasteiger partial charge in [0.1, 0.15) is 0 Å². The van der Waals surface area contributed by atoms with Crippen LogP contribution in [0, 0.1) is 0 Å². The van der Waals surface area contributed by atoms with Gasteiger partial charge < -0.3 is 5.32 Å². The lowest BCUT2D eigenvalue weighted by Gasteiger charge is -2.08. The first kappa shape index (κ1) is 12.9. The van der Waals surface area contributed by atoms with Crippen molar-refractivity contribution in [3.05, 3.63) is 16.6 Å². The maximum Gasteiger partial charge on any atom is 0.159 e. The molecule has 0 aromatic carbocycles. The van der Waals surface area contributed by atoms with Gasteiger partial charge in [0.05, 0.1) is 16.5 Å². The molecule has 0 bridgehead atoms. The van der Waals surface area contributed by atoms with E-state index in [4.69, 9.17) is 0 Å². The molecule has 4 nitrogen and oxygen atoms in total. The quantitative estimate of drug-likeness (QED) is 0.883. The molecule has 1 aliphatic heterocycles. The van der Waals surface area contributed by atoms with Crippen LogP contribution in [0.5, 0.6) is 0 Å². The number of rotatable bonds is 3. The number of sulfone groups is 1. The maximum absolute atomic E-state index is 11.8. The Morgan fingerprint density at radius 1 is 1.60 bits per heavy atom. The Bertz CT molecular complexity index is 385. The van der Waals surface area contributed by atoms with E-state index in [0.717, 1.165) is 17.8 Å². The zero-order chi connectivity index (χ0) is 10.0. The molecule has 1 saturated heterocycles. The molecule has 0 spiro atoms. The summed E-state index contributed by atoms with van der Waals surface area (Å²) in [5.41, 5.74) is 1.66. The molecule has 2 heterocycles. The van der Waals surface area contributed by atoms with E-state index < -0.39 is 9.84 Å². The average molecular weight is 269 g/mol. The summed E-state index contributed by atoms with van der Waals surface area (Å²) < 4.78 is 23.7. The number of thiazole rings is 1. The molecule has 1 aromatic rings. The molecule has 7 heteroatoms. The van der Waals surface area contributed by atoms with E-state index in [1.54, 1.807) is 11.7 Å². The number of nitrogens with zero attached hydrogens (tertiary/aromatic N) is 1. The molecule has 0 unspecified atom stereocenters. The van der Waals surface area contributed by atoms with E-state index in [2.05, 4.69) is 10.3 Å². The summed E-state index contributed by atoms with van der Waals surface area (Å²) in [5.74, 6) is 0.143. The molecule has 1 N–H and O–H groups in total. The molecule has 2 rings (SSSR count). The number of aromatic nitrogens is 1. The highest BCUT2D eigenvalue weighted by Crippen LogP contribution is 2.17. The lowest BCUT2D eigenvalue weighted by Crippen LogP contribution is -2.24. The van der Waals surface area contributed by atoms with Gasteiger partial charge >= 0.3 is 0 Å². The van der Waals surface area contributed by atoms with Gasteiger partial charge in [0.15, 0.2) is 9.84 Å². The van der Waals surface area contributed by atoms with Crippen LogP contribution < -0.4 is 5.32 Å². The van der Waals surface area contributed by atoms with Gasteiger partial charge in [-0.25, -0.2) is 8.42 Å². The second kappa shape index (κ2) is 5.25. The first-order valence-electron chi connectivity index (χ1n) is 4.48. The third-order valence-electron chi connectivity index (χ3n) is 2.35.